The molecule has 0 aliphatic carbocycles. The van der Waals surface area contributed by atoms with Crippen LogP contribution in [0.1, 0.15) is 12.8 Å². The highest BCUT2D eigenvalue weighted by Gasteiger charge is 2.32. The van der Waals surface area contributed by atoms with Gasteiger partial charge < -0.3 is 10.2 Å². The Kier molecular flexibility index (Phi) is 2.92. The number of carboxylic acid groups (broad SMARTS) is 1. The van der Waals surface area contributed by atoms with E-state index >= 15 is 0 Å². The number of carbonyl (C=O) groups is 1. The van der Waals surface area contributed by atoms with E-state index < -0.39 is 27.8 Å². The van der Waals surface area contributed by atoms with Crippen molar-refractivity contribution in [3.8, 4) is 0 Å². The van der Waals surface area contributed by atoms with Crippen LogP contribution in [-0.2, 0) is 14.6 Å². The fourth-order valence-corrected chi connectivity index (χ4v) is 2.81. The number of hydrogen-bond donors (Lipinski definition) is 2. The lowest BCUT2D eigenvalue weighted by atomic mass is 9.98. The minimum atomic E-state index is -3.14. The fourth-order valence-electron chi connectivity index (χ4n) is 1.39. The quantitative estimate of drug-likeness (QED) is 0.592. The number of carboxylic acids is 1. The Bertz CT molecular complexity index is 294. The molecule has 0 bridgehead atoms. The Labute approximate surface area is 76.3 Å². The van der Waals surface area contributed by atoms with Gasteiger partial charge in [-0.05, 0) is 12.8 Å². The van der Waals surface area contributed by atoms with Gasteiger partial charge in [-0.25, -0.2) is 8.42 Å². The zero-order valence-corrected chi connectivity index (χ0v) is 7.83. The van der Waals surface area contributed by atoms with Crippen LogP contribution in [0, 0.1) is 5.92 Å². The summed E-state index contributed by atoms with van der Waals surface area (Å²) in [7, 11) is -3.14. The van der Waals surface area contributed by atoms with Gasteiger partial charge in [0.25, 0.3) is 0 Å². The molecular formula is C7H12O5S. The van der Waals surface area contributed by atoms with Gasteiger partial charge in [0, 0.05) is 0 Å². The summed E-state index contributed by atoms with van der Waals surface area (Å²) in [5, 5.41) is 18.0. The van der Waals surface area contributed by atoms with Crippen LogP contribution in [0.4, 0.5) is 0 Å². The van der Waals surface area contributed by atoms with E-state index in [1.165, 1.54) is 0 Å². The highest BCUT2D eigenvalue weighted by Crippen LogP contribution is 2.19. The van der Waals surface area contributed by atoms with E-state index in [9.17, 15) is 18.3 Å². The normalized spacial score (nSPS) is 33.6. The lowest BCUT2D eigenvalue weighted by Gasteiger charge is -2.13. The second-order valence-corrected chi connectivity index (χ2v) is 5.54. The van der Waals surface area contributed by atoms with Crippen molar-refractivity contribution in [2.75, 3.05) is 11.5 Å². The van der Waals surface area contributed by atoms with Gasteiger partial charge in [-0.15, -0.1) is 0 Å². The van der Waals surface area contributed by atoms with Crippen LogP contribution in [0.15, 0.2) is 0 Å². The number of aliphatic hydroxyl groups excluding tert-OH is 1. The van der Waals surface area contributed by atoms with Crippen molar-refractivity contribution in [2.45, 2.75) is 18.9 Å². The predicted octanol–water partition coefficient (Wildman–Crippen LogP) is -0.743. The van der Waals surface area contributed by atoms with Gasteiger partial charge in [-0.2, -0.15) is 0 Å². The molecular weight excluding hydrogens is 196 g/mol. The Morgan fingerprint density at radius 2 is 1.77 bits per heavy atom. The third-order valence-corrected chi connectivity index (χ3v) is 3.96. The average Bonchev–Trinajstić information content (AvgIpc) is 2.11. The minimum Gasteiger partial charge on any atom is -0.481 e. The fraction of sp³-hybridized carbons (Fsp3) is 0.857. The molecule has 76 valence electrons. The molecule has 2 N–H and O–H groups in total. The van der Waals surface area contributed by atoms with Crippen LogP contribution in [0.5, 0.6) is 0 Å². The molecule has 1 fully saturated rings. The van der Waals surface area contributed by atoms with Crippen LogP contribution in [0.2, 0.25) is 0 Å². The predicted molar refractivity (Wildman–Crippen MR) is 45.0 cm³/mol. The van der Waals surface area contributed by atoms with E-state index in [1.807, 2.05) is 0 Å². The van der Waals surface area contributed by atoms with Crippen LogP contribution in [-0.4, -0.2) is 42.2 Å². The molecule has 1 aliphatic rings. The van der Waals surface area contributed by atoms with Crippen molar-refractivity contribution < 1.29 is 23.4 Å². The molecule has 1 aliphatic heterocycles. The third-order valence-electron chi connectivity index (χ3n) is 2.25. The van der Waals surface area contributed by atoms with Crippen LogP contribution in [0.3, 0.4) is 0 Å². The first-order valence-corrected chi connectivity index (χ1v) is 5.86. The second kappa shape index (κ2) is 3.63. The van der Waals surface area contributed by atoms with Gasteiger partial charge in [-0.1, -0.05) is 0 Å². The van der Waals surface area contributed by atoms with Gasteiger partial charge in [0.15, 0.2) is 0 Å². The molecule has 1 rings (SSSR count). The third kappa shape index (κ3) is 2.67. The molecule has 0 radical (unpaired) electrons. The van der Waals surface area contributed by atoms with Gasteiger partial charge in [0.2, 0.25) is 0 Å². The number of aliphatic carboxylic acids is 1. The van der Waals surface area contributed by atoms with E-state index in [0.717, 1.165) is 0 Å². The van der Waals surface area contributed by atoms with E-state index in [2.05, 4.69) is 0 Å². The zero-order chi connectivity index (χ0) is 10.1. The molecule has 13 heavy (non-hydrogen) atoms. The topological polar surface area (TPSA) is 91.7 Å². The first-order valence-electron chi connectivity index (χ1n) is 4.04. The SMILES string of the molecule is O=C(O)C1CCS(=O)(=O)CCC1O. The Morgan fingerprint density at radius 3 is 2.31 bits per heavy atom. The van der Waals surface area contributed by atoms with Crippen LogP contribution in [0.25, 0.3) is 0 Å². The Hall–Kier alpha value is -0.620. The summed E-state index contributed by atoms with van der Waals surface area (Å²) in [4.78, 5) is 10.6. The molecule has 0 spiro atoms. The average molecular weight is 208 g/mol. The molecule has 6 heteroatoms. The molecule has 0 aromatic heterocycles. The molecule has 2 unspecified atom stereocenters. The summed E-state index contributed by atoms with van der Waals surface area (Å²) < 4.78 is 22.2. The van der Waals surface area contributed by atoms with Gasteiger partial charge in [0.05, 0.1) is 23.5 Å². The highest BCUT2D eigenvalue weighted by atomic mass is 32.2. The standard InChI is InChI=1S/C7H12O5S/c8-6-2-4-13(11,12)3-1-5(6)7(9)10/h5-6,8H,1-4H2,(H,9,10). The molecule has 5 nitrogen and oxygen atoms in total. The van der Waals surface area contributed by atoms with Crippen molar-refractivity contribution in [3.63, 3.8) is 0 Å². The van der Waals surface area contributed by atoms with Crippen LogP contribution >= 0.6 is 0 Å². The summed E-state index contributed by atoms with van der Waals surface area (Å²) >= 11 is 0. The van der Waals surface area contributed by atoms with Crippen molar-refractivity contribution in [2.24, 2.45) is 5.92 Å². The minimum absolute atomic E-state index is 0.0127. The van der Waals surface area contributed by atoms with Crippen molar-refractivity contribution in [1.82, 2.24) is 0 Å². The van der Waals surface area contributed by atoms with Crippen molar-refractivity contribution in [1.29, 1.82) is 0 Å². The number of rotatable bonds is 1. The molecule has 2 atom stereocenters. The summed E-state index contributed by atoms with van der Waals surface area (Å²) in [5.41, 5.74) is 0. The Morgan fingerprint density at radius 1 is 1.23 bits per heavy atom. The first-order chi connectivity index (χ1) is 5.92. The van der Waals surface area contributed by atoms with E-state index in [-0.39, 0.29) is 24.3 Å². The maximum Gasteiger partial charge on any atom is 0.309 e. The molecule has 0 aromatic carbocycles. The molecule has 0 aromatic rings. The summed E-state index contributed by atoms with van der Waals surface area (Å²) in [5.74, 6) is -2.30. The Balaban J connectivity index is 2.76. The first kappa shape index (κ1) is 10.5. The smallest absolute Gasteiger partial charge is 0.309 e. The maximum absolute atomic E-state index is 11.1. The highest BCUT2D eigenvalue weighted by molar-refractivity contribution is 7.91. The van der Waals surface area contributed by atoms with Crippen molar-refractivity contribution in [3.05, 3.63) is 0 Å². The molecule has 0 amide bonds. The number of sulfone groups is 1. The molecule has 1 heterocycles. The number of hydrogen-bond acceptors (Lipinski definition) is 4. The van der Waals surface area contributed by atoms with Gasteiger partial charge in [-0.3, -0.25) is 4.79 Å². The molecule has 1 saturated heterocycles. The molecule has 0 saturated carbocycles. The maximum atomic E-state index is 11.1. The van der Waals surface area contributed by atoms with Crippen LogP contribution < -0.4 is 0 Å². The number of aliphatic hydroxyl groups is 1. The summed E-state index contributed by atoms with van der Waals surface area (Å²) in [6.07, 6.45) is -0.993. The van der Waals surface area contributed by atoms with E-state index in [1.54, 1.807) is 0 Å². The second-order valence-electron chi connectivity index (χ2n) is 3.24. The van der Waals surface area contributed by atoms with Gasteiger partial charge in [0.1, 0.15) is 9.84 Å². The zero-order valence-electron chi connectivity index (χ0n) is 7.01. The van der Waals surface area contributed by atoms with Crippen molar-refractivity contribution >= 4 is 15.8 Å². The van der Waals surface area contributed by atoms with E-state index in [0.29, 0.717) is 0 Å². The largest absolute Gasteiger partial charge is 0.481 e. The van der Waals surface area contributed by atoms with E-state index in [4.69, 9.17) is 5.11 Å². The lowest BCUT2D eigenvalue weighted by molar-refractivity contribution is -0.145. The summed E-state index contributed by atoms with van der Waals surface area (Å²) in [6.45, 7) is 0. The lowest BCUT2D eigenvalue weighted by Crippen LogP contribution is -2.27. The van der Waals surface area contributed by atoms with Gasteiger partial charge >= 0.3 is 5.97 Å². The monoisotopic (exact) mass is 208 g/mol. The summed E-state index contributed by atoms with van der Waals surface area (Å²) in [6, 6.07) is 0.